The fraction of sp³-hybridized carbons (Fsp3) is 1.00. The maximum atomic E-state index is 11.6. The van der Waals surface area contributed by atoms with E-state index in [2.05, 4.69) is 11.9 Å². The van der Waals surface area contributed by atoms with Gasteiger partial charge in [-0.15, -0.1) is 12.4 Å². The third kappa shape index (κ3) is 2.84. The third-order valence-corrected chi connectivity index (χ3v) is 2.01. The second-order valence-corrected chi connectivity index (χ2v) is 2.98. The van der Waals surface area contributed by atoms with Gasteiger partial charge in [0.15, 0.2) is 0 Å². The first kappa shape index (κ1) is 10.2. The summed E-state index contributed by atoms with van der Waals surface area (Å²) in [6, 6.07) is 0. The molecule has 62 valence electrons. The summed E-state index contributed by atoms with van der Waals surface area (Å²) in [6.45, 7) is 2.14. The molecule has 0 aromatic heterocycles. The minimum Gasteiger partial charge on any atom is -0.191 e. The average molecular weight is 169 g/mol. The topological polar surface area (TPSA) is 9.23 Å². The molecule has 1 saturated carbocycles. The van der Waals surface area contributed by atoms with Crippen molar-refractivity contribution in [1.29, 1.82) is 0 Å². The van der Waals surface area contributed by atoms with E-state index in [0.717, 1.165) is 19.3 Å². The molecular weight excluding hydrogens is 155 g/mol. The highest BCUT2D eigenvalue weighted by Crippen LogP contribution is 2.25. The Labute approximate surface area is 67.3 Å². The van der Waals surface area contributed by atoms with Crippen LogP contribution in [0.2, 0.25) is 0 Å². The van der Waals surface area contributed by atoms with Crippen LogP contribution in [0.3, 0.4) is 0 Å². The van der Waals surface area contributed by atoms with E-state index in [1.807, 2.05) is 0 Å². The number of hydrogen-bond donors (Lipinski definition) is 0. The molecule has 1 nitrogen and oxygen atoms in total. The second kappa shape index (κ2) is 4.91. The largest absolute Gasteiger partial charge is 0.191 e. The van der Waals surface area contributed by atoms with Gasteiger partial charge in [0.25, 0.3) is 0 Å². The van der Waals surface area contributed by atoms with E-state index in [1.165, 1.54) is 6.42 Å². The number of hydrogen-bond acceptors (Lipinski definition) is 1. The molecule has 2 unspecified atom stereocenters. The molecule has 1 aliphatic carbocycles. The summed E-state index contributed by atoms with van der Waals surface area (Å²) in [4.78, 5) is 3.76. The third-order valence-electron chi connectivity index (χ3n) is 2.01. The normalized spacial score (nSPS) is 33.0. The monoisotopic (exact) mass is 168 g/mol. The van der Waals surface area contributed by atoms with Gasteiger partial charge in [-0.25, -0.2) is 0 Å². The van der Waals surface area contributed by atoms with Crippen LogP contribution in [0.1, 0.15) is 32.6 Å². The standard InChI is InChI=1S/C7H13FO.ClH/c1-6-3-2-4-7(5-6)9-8;/h6-7H,2-5H2,1H3;1H. The lowest BCUT2D eigenvalue weighted by atomic mass is 9.89. The predicted octanol–water partition coefficient (Wildman–Crippen LogP) is 2.89. The molecule has 0 aliphatic heterocycles. The highest BCUT2D eigenvalue weighted by molar-refractivity contribution is 5.85. The SMILES string of the molecule is CC1CCCC(OF)C1.Cl. The van der Waals surface area contributed by atoms with Crippen molar-refractivity contribution in [3.05, 3.63) is 0 Å². The van der Waals surface area contributed by atoms with E-state index in [0.29, 0.717) is 5.92 Å². The van der Waals surface area contributed by atoms with Gasteiger partial charge in [0.2, 0.25) is 0 Å². The van der Waals surface area contributed by atoms with E-state index >= 15 is 0 Å². The highest BCUT2D eigenvalue weighted by Gasteiger charge is 2.19. The zero-order valence-electron chi connectivity index (χ0n) is 6.18. The lowest BCUT2D eigenvalue weighted by molar-refractivity contribution is -0.191. The highest BCUT2D eigenvalue weighted by atomic mass is 35.5. The van der Waals surface area contributed by atoms with Crippen LogP contribution in [-0.2, 0) is 4.94 Å². The van der Waals surface area contributed by atoms with Crippen LogP contribution in [0.25, 0.3) is 0 Å². The van der Waals surface area contributed by atoms with Crippen molar-refractivity contribution in [3.63, 3.8) is 0 Å². The Bertz CT molecular complexity index is 89.7. The fourth-order valence-corrected chi connectivity index (χ4v) is 1.46. The van der Waals surface area contributed by atoms with Crippen LogP contribution < -0.4 is 0 Å². The smallest absolute Gasteiger partial charge is 0.0986 e. The zero-order chi connectivity index (χ0) is 6.69. The van der Waals surface area contributed by atoms with Gasteiger partial charge in [-0.05, 0) is 23.3 Å². The number of rotatable bonds is 1. The Morgan fingerprint density at radius 2 is 2.10 bits per heavy atom. The zero-order valence-corrected chi connectivity index (χ0v) is 6.99. The van der Waals surface area contributed by atoms with Crippen LogP contribution in [0.4, 0.5) is 4.53 Å². The van der Waals surface area contributed by atoms with Gasteiger partial charge in [-0.3, -0.25) is 0 Å². The van der Waals surface area contributed by atoms with Crippen molar-refractivity contribution in [2.24, 2.45) is 5.92 Å². The Balaban J connectivity index is 0.000000810. The van der Waals surface area contributed by atoms with Crippen molar-refractivity contribution in [1.82, 2.24) is 0 Å². The van der Waals surface area contributed by atoms with Gasteiger partial charge in [0, 0.05) is 0 Å². The molecule has 2 atom stereocenters. The summed E-state index contributed by atoms with van der Waals surface area (Å²) in [7, 11) is 0. The quantitative estimate of drug-likeness (QED) is 0.585. The van der Waals surface area contributed by atoms with Gasteiger partial charge in [-0.1, -0.05) is 19.8 Å². The molecule has 0 aromatic carbocycles. The molecule has 0 bridgehead atoms. The molecule has 3 heteroatoms. The minimum absolute atomic E-state index is 0. The molecule has 0 saturated heterocycles. The molecule has 0 amide bonds. The van der Waals surface area contributed by atoms with Gasteiger partial charge < -0.3 is 0 Å². The summed E-state index contributed by atoms with van der Waals surface area (Å²) >= 11 is 0. The van der Waals surface area contributed by atoms with E-state index in [-0.39, 0.29) is 18.5 Å². The molecule has 1 rings (SSSR count). The van der Waals surface area contributed by atoms with Crippen molar-refractivity contribution >= 4 is 12.4 Å². The maximum absolute atomic E-state index is 11.6. The van der Waals surface area contributed by atoms with Crippen LogP contribution in [0, 0.1) is 5.92 Å². The van der Waals surface area contributed by atoms with E-state index in [4.69, 9.17) is 0 Å². The summed E-state index contributed by atoms with van der Waals surface area (Å²) in [5, 5.41) is 0. The van der Waals surface area contributed by atoms with Crippen LogP contribution in [-0.4, -0.2) is 6.10 Å². The molecule has 0 spiro atoms. The molecular formula is C7H14ClFO. The summed E-state index contributed by atoms with van der Waals surface area (Å²) in [5.41, 5.74) is 0. The van der Waals surface area contributed by atoms with Crippen LogP contribution in [0.15, 0.2) is 0 Å². The fourth-order valence-electron chi connectivity index (χ4n) is 1.46. The van der Waals surface area contributed by atoms with Crippen molar-refractivity contribution in [2.45, 2.75) is 38.7 Å². The Morgan fingerprint density at radius 3 is 2.50 bits per heavy atom. The van der Waals surface area contributed by atoms with Crippen LogP contribution >= 0.6 is 12.4 Å². The first-order valence-corrected chi connectivity index (χ1v) is 3.60. The number of halogens is 2. The van der Waals surface area contributed by atoms with Crippen molar-refractivity contribution in [3.8, 4) is 0 Å². The Hall–Kier alpha value is 0.180. The van der Waals surface area contributed by atoms with Gasteiger partial charge in [0.05, 0.1) is 6.10 Å². The predicted molar refractivity (Wildman–Crippen MR) is 40.9 cm³/mol. The summed E-state index contributed by atoms with van der Waals surface area (Å²) in [6.07, 6.45) is 4.06. The molecule has 1 fully saturated rings. The van der Waals surface area contributed by atoms with E-state index < -0.39 is 0 Å². The first-order valence-electron chi connectivity index (χ1n) is 3.60. The molecule has 0 radical (unpaired) electrons. The van der Waals surface area contributed by atoms with Gasteiger partial charge in [0.1, 0.15) is 0 Å². The van der Waals surface area contributed by atoms with E-state index in [9.17, 15) is 4.53 Å². The minimum atomic E-state index is -0.103. The second-order valence-electron chi connectivity index (χ2n) is 2.98. The van der Waals surface area contributed by atoms with Gasteiger partial charge in [-0.2, -0.15) is 4.94 Å². The first-order chi connectivity index (χ1) is 4.33. The van der Waals surface area contributed by atoms with Crippen molar-refractivity contribution < 1.29 is 9.47 Å². The molecule has 0 heterocycles. The molecule has 0 N–H and O–H groups in total. The molecule has 0 aromatic rings. The lowest BCUT2D eigenvalue weighted by Crippen LogP contribution is -2.18. The van der Waals surface area contributed by atoms with Crippen LogP contribution in [0.5, 0.6) is 0 Å². The lowest BCUT2D eigenvalue weighted by Gasteiger charge is -2.22. The maximum Gasteiger partial charge on any atom is 0.0986 e. The Kier molecular flexibility index (Phi) is 5.00. The van der Waals surface area contributed by atoms with Gasteiger partial charge >= 0.3 is 0 Å². The van der Waals surface area contributed by atoms with Crippen molar-refractivity contribution in [2.75, 3.05) is 0 Å². The van der Waals surface area contributed by atoms with E-state index in [1.54, 1.807) is 0 Å². The molecule has 10 heavy (non-hydrogen) atoms. The Morgan fingerprint density at radius 1 is 1.40 bits per heavy atom. The molecule has 1 aliphatic rings. The summed E-state index contributed by atoms with van der Waals surface area (Å²) < 4.78 is 11.6. The average Bonchev–Trinajstić information content (AvgIpc) is 1.88. The summed E-state index contributed by atoms with van der Waals surface area (Å²) in [5.74, 6) is 0.652.